The van der Waals surface area contributed by atoms with E-state index >= 15 is 0 Å². The molecule has 1 aliphatic heterocycles. The number of halogens is 1. The van der Waals surface area contributed by atoms with Crippen LogP contribution < -0.4 is 0 Å². The van der Waals surface area contributed by atoms with Gasteiger partial charge in [-0.2, -0.15) is 0 Å². The van der Waals surface area contributed by atoms with Gasteiger partial charge >= 0.3 is 11.9 Å². The predicted molar refractivity (Wildman–Crippen MR) is 123 cm³/mol. The lowest BCUT2D eigenvalue weighted by Gasteiger charge is -2.30. The average molecular weight is 481 g/mol. The topological polar surface area (TPSA) is 99.1 Å². The normalized spacial score (nSPS) is 23.8. The highest BCUT2D eigenvalue weighted by Crippen LogP contribution is 2.38. The smallest absolute Gasteiger partial charge is 0.338 e. The summed E-state index contributed by atoms with van der Waals surface area (Å²) in [5, 5.41) is 11.2. The summed E-state index contributed by atoms with van der Waals surface area (Å²) in [5.41, 5.74) is -2.76. The first kappa shape index (κ1) is 23.6. The van der Waals surface area contributed by atoms with Gasteiger partial charge in [-0.25, -0.2) is 9.59 Å². The average Bonchev–Trinajstić information content (AvgIpc) is 3.13. The van der Waals surface area contributed by atoms with Gasteiger partial charge in [0.1, 0.15) is 12.7 Å². The number of hydrogen-bond donors (Lipinski definition) is 1. The highest BCUT2D eigenvalue weighted by molar-refractivity contribution is 6.21. The summed E-state index contributed by atoms with van der Waals surface area (Å²) in [5.74, 6) is -2.12. The molecule has 1 heterocycles. The van der Waals surface area contributed by atoms with E-state index < -0.39 is 47.7 Å². The number of rotatable bonds is 7. The lowest BCUT2D eigenvalue weighted by Crippen LogP contribution is -2.54. The third-order valence-corrected chi connectivity index (χ3v) is 5.81. The van der Waals surface area contributed by atoms with Crippen LogP contribution in [0.3, 0.4) is 0 Å². The maximum Gasteiger partial charge on any atom is 0.338 e. The number of Topliss-reactive ketones (excluding diaryl/α,β-unsaturated/α-hetero) is 1. The van der Waals surface area contributed by atoms with Crippen LogP contribution in [0.1, 0.15) is 31.1 Å². The maximum absolute atomic E-state index is 13.5. The Labute approximate surface area is 200 Å². The Kier molecular flexibility index (Phi) is 7.07. The first-order valence-corrected chi connectivity index (χ1v) is 10.9. The molecule has 4 atom stereocenters. The summed E-state index contributed by atoms with van der Waals surface area (Å²) in [6.07, 6.45) is -3.10. The van der Waals surface area contributed by atoms with Gasteiger partial charge < -0.3 is 19.3 Å². The Bertz CT molecular complexity index is 1150. The lowest BCUT2D eigenvalue weighted by atomic mass is 9.87. The summed E-state index contributed by atoms with van der Waals surface area (Å²) >= 11 is 6.30. The van der Waals surface area contributed by atoms with Crippen molar-refractivity contribution >= 4 is 29.3 Å². The number of ketones is 1. The molecular formula is C26H21ClO7. The Morgan fingerprint density at radius 3 is 1.79 bits per heavy atom. The van der Waals surface area contributed by atoms with E-state index in [-0.39, 0.29) is 16.7 Å². The molecule has 0 saturated carbocycles. The van der Waals surface area contributed by atoms with Crippen molar-refractivity contribution in [1.29, 1.82) is 0 Å². The second kappa shape index (κ2) is 10.2. The Morgan fingerprint density at radius 2 is 1.26 bits per heavy atom. The van der Waals surface area contributed by atoms with Crippen molar-refractivity contribution in [3.63, 3.8) is 0 Å². The summed E-state index contributed by atoms with van der Waals surface area (Å²) in [4.78, 5) is 38.6. The van der Waals surface area contributed by atoms with Gasteiger partial charge in [0.05, 0.1) is 11.1 Å². The number of alkyl halides is 1. The van der Waals surface area contributed by atoms with Gasteiger partial charge in [-0.3, -0.25) is 4.79 Å². The van der Waals surface area contributed by atoms with E-state index in [1.54, 1.807) is 66.7 Å². The van der Waals surface area contributed by atoms with Gasteiger partial charge in [0.2, 0.25) is 5.78 Å². The minimum Gasteiger partial charge on any atom is -0.458 e. The van der Waals surface area contributed by atoms with Crippen molar-refractivity contribution in [2.24, 2.45) is 0 Å². The second-order valence-corrected chi connectivity index (χ2v) is 8.11. The molecule has 1 unspecified atom stereocenters. The monoisotopic (exact) mass is 480 g/mol. The molecule has 3 aromatic rings. The number of benzene rings is 3. The number of ether oxygens (including phenoxy) is 3. The van der Waals surface area contributed by atoms with Crippen molar-refractivity contribution in [3.8, 4) is 0 Å². The molecule has 0 bridgehead atoms. The van der Waals surface area contributed by atoms with Crippen LogP contribution in [0, 0.1) is 0 Å². The molecule has 0 aliphatic carbocycles. The van der Waals surface area contributed by atoms with E-state index in [4.69, 9.17) is 25.8 Å². The van der Waals surface area contributed by atoms with Gasteiger partial charge in [-0.15, -0.1) is 0 Å². The molecule has 174 valence electrons. The van der Waals surface area contributed by atoms with Crippen LogP contribution in [0.15, 0.2) is 91.0 Å². The largest absolute Gasteiger partial charge is 0.458 e. The standard InChI is InChI=1S/C26H21ClO7/c27-23-20(33-25(31)19-14-8-3-9-15-19)22(29)26(34-23,21(28)17-10-4-1-5-11-17)16-32-24(30)18-12-6-2-7-13-18/h1-15,20,22-23,29H,16H2/t20-,22+,23?,26+/m1/s1. The molecule has 0 amide bonds. The summed E-state index contributed by atoms with van der Waals surface area (Å²) in [6.45, 7) is -0.641. The van der Waals surface area contributed by atoms with Gasteiger partial charge in [-0.1, -0.05) is 78.3 Å². The number of aliphatic hydroxyl groups is 1. The first-order valence-electron chi connectivity index (χ1n) is 10.5. The van der Waals surface area contributed by atoms with Crippen molar-refractivity contribution in [1.82, 2.24) is 0 Å². The summed E-state index contributed by atoms with van der Waals surface area (Å²) in [7, 11) is 0. The molecule has 1 saturated heterocycles. The minimum atomic E-state index is -2.08. The zero-order chi connectivity index (χ0) is 24.1. The van der Waals surface area contributed by atoms with E-state index in [2.05, 4.69) is 0 Å². The van der Waals surface area contributed by atoms with E-state index in [9.17, 15) is 19.5 Å². The van der Waals surface area contributed by atoms with E-state index in [1.807, 2.05) is 0 Å². The van der Waals surface area contributed by atoms with E-state index in [0.29, 0.717) is 0 Å². The molecular weight excluding hydrogens is 460 g/mol. The molecule has 3 aromatic carbocycles. The second-order valence-electron chi connectivity index (χ2n) is 7.68. The van der Waals surface area contributed by atoms with Gasteiger partial charge in [0.15, 0.2) is 17.3 Å². The molecule has 0 aromatic heterocycles. The van der Waals surface area contributed by atoms with Gasteiger partial charge in [-0.05, 0) is 24.3 Å². The van der Waals surface area contributed by atoms with Gasteiger partial charge in [0, 0.05) is 5.56 Å². The zero-order valence-electron chi connectivity index (χ0n) is 17.9. The van der Waals surface area contributed by atoms with E-state index in [0.717, 1.165) is 0 Å². The maximum atomic E-state index is 13.5. The summed E-state index contributed by atoms with van der Waals surface area (Å²) in [6, 6.07) is 24.4. The summed E-state index contributed by atoms with van der Waals surface area (Å²) < 4.78 is 16.5. The highest BCUT2D eigenvalue weighted by atomic mass is 35.5. The molecule has 1 N–H and O–H groups in total. The number of esters is 2. The van der Waals surface area contributed by atoms with Crippen LogP contribution in [0.5, 0.6) is 0 Å². The molecule has 0 radical (unpaired) electrons. The minimum absolute atomic E-state index is 0.205. The number of carbonyl (C=O) groups excluding carboxylic acids is 3. The molecule has 8 heteroatoms. The lowest BCUT2D eigenvalue weighted by molar-refractivity contribution is -0.0788. The Balaban J connectivity index is 1.61. The van der Waals surface area contributed by atoms with Crippen LogP contribution in [0.4, 0.5) is 0 Å². The van der Waals surface area contributed by atoms with Gasteiger partial charge in [0.25, 0.3) is 0 Å². The van der Waals surface area contributed by atoms with Crippen LogP contribution in [0.2, 0.25) is 0 Å². The SMILES string of the molecule is O=C(OC[C@@]1(C(=O)c2ccccc2)OC(Cl)[C@H](OC(=O)c2ccccc2)[C@@H]1O)c1ccccc1. The van der Waals surface area contributed by atoms with Crippen LogP contribution in [0.25, 0.3) is 0 Å². The number of aliphatic hydroxyl groups excluding tert-OH is 1. The molecule has 1 fully saturated rings. The third-order valence-electron chi connectivity index (χ3n) is 5.47. The van der Waals surface area contributed by atoms with E-state index in [1.165, 1.54) is 24.3 Å². The fourth-order valence-electron chi connectivity index (χ4n) is 3.67. The fourth-order valence-corrected chi connectivity index (χ4v) is 4.02. The van der Waals surface area contributed by atoms with Crippen LogP contribution >= 0.6 is 11.6 Å². The number of carbonyl (C=O) groups is 3. The molecule has 0 spiro atoms. The first-order chi connectivity index (χ1) is 16.4. The highest BCUT2D eigenvalue weighted by Gasteiger charge is 2.61. The van der Waals surface area contributed by atoms with Crippen molar-refractivity contribution < 1.29 is 33.7 Å². The molecule has 34 heavy (non-hydrogen) atoms. The Morgan fingerprint density at radius 1 is 0.794 bits per heavy atom. The zero-order valence-corrected chi connectivity index (χ0v) is 18.6. The van der Waals surface area contributed by atoms with Crippen molar-refractivity contribution in [2.75, 3.05) is 6.61 Å². The van der Waals surface area contributed by atoms with Crippen LogP contribution in [-0.2, 0) is 14.2 Å². The van der Waals surface area contributed by atoms with Crippen molar-refractivity contribution in [3.05, 3.63) is 108 Å². The molecule has 1 aliphatic rings. The quantitative estimate of drug-likeness (QED) is 0.313. The van der Waals surface area contributed by atoms with Crippen molar-refractivity contribution in [2.45, 2.75) is 23.4 Å². The van der Waals surface area contributed by atoms with Crippen LogP contribution in [-0.4, -0.2) is 52.8 Å². The molecule has 4 rings (SSSR count). The predicted octanol–water partition coefficient (Wildman–Crippen LogP) is 3.65. The fraction of sp³-hybridized carbons (Fsp3) is 0.192. The number of hydrogen-bond acceptors (Lipinski definition) is 7. The third kappa shape index (κ3) is 4.72. The Hall–Kier alpha value is -3.52. The molecule has 7 nitrogen and oxygen atoms in total.